The number of hydrogen-bond acceptors (Lipinski definition) is 6. The van der Waals surface area contributed by atoms with Crippen LogP contribution in [0, 0.1) is 0 Å². The van der Waals surface area contributed by atoms with E-state index >= 15 is 0 Å². The minimum atomic E-state index is -0.316. The molecule has 0 amide bonds. The van der Waals surface area contributed by atoms with Crippen molar-refractivity contribution < 1.29 is 24.2 Å². The van der Waals surface area contributed by atoms with Gasteiger partial charge in [0.1, 0.15) is 12.4 Å². The summed E-state index contributed by atoms with van der Waals surface area (Å²) in [7, 11) is 1.45. The van der Waals surface area contributed by atoms with E-state index in [1.807, 2.05) is 38.1 Å². The zero-order valence-corrected chi connectivity index (χ0v) is 21.2. The van der Waals surface area contributed by atoms with Crippen molar-refractivity contribution in [3.63, 3.8) is 0 Å². The van der Waals surface area contributed by atoms with Crippen molar-refractivity contribution in [1.29, 1.82) is 0 Å². The first-order chi connectivity index (χ1) is 16.8. The van der Waals surface area contributed by atoms with Crippen LogP contribution in [0.15, 0.2) is 60.2 Å². The predicted molar refractivity (Wildman–Crippen MR) is 142 cm³/mol. The van der Waals surface area contributed by atoms with Gasteiger partial charge < -0.3 is 19.5 Å². The summed E-state index contributed by atoms with van der Waals surface area (Å²) in [5.41, 5.74) is 3.67. The van der Waals surface area contributed by atoms with Crippen LogP contribution < -0.4 is 14.4 Å². The van der Waals surface area contributed by atoms with Gasteiger partial charge in [-0.2, -0.15) is 0 Å². The first kappa shape index (κ1) is 27.4. The van der Waals surface area contributed by atoms with E-state index < -0.39 is 0 Å². The first-order valence-corrected chi connectivity index (χ1v) is 11.7. The van der Waals surface area contributed by atoms with Crippen LogP contribution in [0.5, 0.6) is 17.2 Å². The van der Waals surface area contributed by atoms with Gasteiger partial charge in [-0.1, -0.05) is 17.7 Å². The van der Waals surface area contributed by atoms with Crippen LogP contribution in [0.1, 0.15) is 45.2 Å². The smallest absolute Gasteiger partial charge is 0.163 e. The number of allylic oxidation sites excluding steroid dienone is 3. The minimum Gasteiger partial charge on any atom is -0.504 e. The molecule has 2 aromatic carbocycles. The van der Waals surface area contributed by atoms with Gasteiger partial charge in [0.05, 0.1) is 13.5 Å². The molecule has 0 radical (unpaired) electrons. The summed E-state index contributed by atoms with van der Waals surface area (Å²) < 4.78 is 11.0. The first-order valence-electron chi connectivity index (χ1n) is 11.7. The number of rotatable bonds is 13. The minimum absolute atomic E-state index is 0.0191. The highest BCUT2D eigenvalue weighted by molar-refractivity contribution is 6.11. The Bertz CT molecular complexity index is 1110. The molecule has 0 spiro atoms. The Labute approximate surface area is 208 Å². The number of ketones is 2. The van der Waals surface area contributed by atoms with Crippen molar-refractivity contribution in [3.8, 4) is 17.2 Å². The van der Waals surface area contributed by atoms with Gasteiger partial charge in [-0.15, -0.1) is 0 Å². The molecule has 186 valence electrons. The van der Waals surface area contributed by atoms with Gasteiger partial charge in [-0.05, 0) is 81.8 Å². The number of nitrogens with zero attached hydrogens (tertiary/aromatic N) is 1. The van der Waals surface area contributed by atoms with E-state index in [-0.39, 0.29) is 23.7 Å². The highest BCUT2D eigenvalue weighted by atomic mass is 16.5. The highest BCUT2D eigenvalue weighted by Gasteiger charge is 2.09. The number of carbonyl (C=O) groups is 2. The second-order valence-electron chi connectivity index (χ2n) is 8.19. The van der Waals surface area contributed by atoms with Crippen LogP contribution in [0.3, 0.4) is 0 Å². The molecule has 0 bridgehead atoms. The van der Waals surface area contributed by atoms with E-state index in [1.165, 1.54) is 25.3 Å². The molecule has 0 fully saturated rings. The zero-order chi connectivity index (χ0) is 25.8. The third-order valence-corrected chi connectivity index (χ3v) is 5.32. The van der Waals surface area contributed by atoms with Crippen LogP contribution in [0.2, 0.25) is 0 Å². The zero-order valence-electron chi connectivity index (χ0n) is 21.2. The molecule has 0 saturated carbocycles. The maximum atomic E-state index is 12.4. The van der Waals surface area contributed by atoms with E-state index in [1.54, 1.807) is 24.3 Å². The quantitative estimate of drug-likeness (QED) is 0.222. The second-order valence-corrected chi connectivity index (χ2v) is 8.19. The van der Waals surface area contributed by atoms with Crippen LogP contribution in [-0.4, -0.2) is 43.5 Å². The van der Waals surface area contributed by atoms with E-state index in [9.17, 15) is 14.7 Å². The normalized spacial score (nSPS) is 11.0. The molecule has 0 aliphatic heterocycles. The lowest BCUT2D eigenvalue weighted by atomic mass is 10.1. The highest BCUT2D eigenvalue weighted by Crippen LogP contribution is 2.28. The Hall–Kier alpha value is -3.80. The van der Waals surface area contributed by atoms with Crippen LogP contribution in [-0.2, 0) is 9.59 Å². The monoisotopic (exact) mass is 477 g/mol. The van der Waals surface area contributed by atoms with E-state index in [0.717, 1.165) is 29.9 Å². The number of ether oxygens (including phenoxy) is 2. The third-order valence-electron chi connectivity index (χ3n) is 5.32. The summed E-state index contributed by atoms with van der Waals surface area (Å²) in [6.07, 6.45) is 7.79. The summed E-state index contributed by atoms with van der Waals surface area (Å²) in [6, 6.07) is 10.7. The fourth-order valence-electron chi connectivity index (χ4n) is 3.33. The number of aromatic hydroxyl groups is 1. The molecule has 1 N–H and O–H groups in total. The molecule has 0 aliphatic rings. The van der Waals surface area contributed by atoms with Gasteiger partial charge in [0.2, 0.25) is 0 Å². The molecule has 0 aliphatic carbocycles. The predicted octanol–water partition coefficient (Wildman–Crippen LogP) is 5.85. The standard InChI is InChI=1S/C29H35NO5/c1-6-30(7-2)24-12-10-23(28(19-24)35-17-16-21(3)4)11-14-26(32)20-25(31)13-8-22-9-15-27(33)29(18-22)34-5/h8-16,18-19,33H,6-7,17,20H2,1-5H3/b13-8+,14-11+. The molecule has 0 unspecified atom stereocenters. The SMILES string of the molecule is CCN(CC)c1ccc(/C=C/C(=O)CC(=O)/C=C/c2ccc(O)c(OC)c2)c(OCC=C(C)C)c1. The molecule has 0 aromatic heterocycles. The summed E-state index contributed by atoms with van der Waals surface area (Å²) in [5.74, 6) is 0.400. The molecule has 35 heavy (non-hydrogen) atoms. The molecule has 2 aromatic rings. The summed E-state index contributed by atoms with van der Waals surface area (Å²) in [6.45, 7) is 10.4. The fraction of sp³-hybridized carbons (Fsp3) is 0.310. The number of phenolic OH excluding ortho intramolecular Hbond substituents is 1. The van der Waals surface area contributed by atoms with Crippen LogP contribution >= 0.6 is 0 Å². The Balaban J connectivity index is 2.11. The maximum absolute atomic E-state index is 12.4. The van der Waals surface area contributed by atoms with Gasteiger partial charge >= 0.3 is 0 Å². The third kappa shape index (κ3) is 8.81. The Morgan fingerprint density at radius 1 is 0.943 bits per heavy atom. The van der Waals surface area contributed by atoms with Crippen molar-refractivity contribution in [2.24, 2.45) is 0 Å². The van der Waals surface area contributed by atoms with Crippen molar-refractivity contribution in [1.82, 2.24) is 0 Å². The average molecular weight is 478 g/mol. The lowest BCUT2D eigenvalue weighted by Crippen LogP contribution is -2.21. The van der Waals surface area contributed by atoms with Gasteiger partial charge in [0, 0.05) is 30.4 Å². The maximum Gasteiger partial charge on any atom is 0.163 e. The van der Waals surface area contributed by atoms with Gasteiger partial charge in [0.15, 0.2) is 23.1 Å². The van der Waals surface area contributed by atoms with Gasteiger partial charge in [0.25, 0.3) is 0 Å². The summed E-state index contributed by atoms with van der Waals surface area (Å²) in [5, 5.41) is 9.66. The van der Waals surface area contributed by atoms with Crippen molar-refractivity contribution in [2.75, 3.05) is 31.7 Å². The second kappa shape index (κ2) is 13.8. The number of hydrogen-bond donors (Lipinski definition) is 1. The number of phenols is 1. The van der Waals surface area contributed by atoms with Gasteiger partial charge in [-0.25, -0.2) is 0 Å². The number of methoxy groups -OCH3 is 1. The topological polar surface area (TPSA) is 76.1 Å². The summed E-state index contributed by atoms with van der Waals surface area (Å²) in [4.78, 5) is 26.9. The summed E-state index contributed by atoms with van der Waals surface area (Å²) >= 11 is 0. The molecular weight excluding hydrogens is 442 g/mol. The van der Waals surface area contributed by atoms with Crippen molar-refractivity contribution >= 4 is 29.4 Å². The molecular formula is C29H35NO5. The van der Waals surface area contributed by atoms with Crippen LogP contribution in [0.25, 0.3) is 12.2 Å². The molecule has 0 atom stereocenters. The van der Waals surface area contributed by atoms with E-state index in [0.29, 0.717) is 23.7 Å². The average Bonchev–Trinajstić information content (AvgIpc) is 2.83. The number of carbonyl (C=O) groups excluding carboxylic acids is 2. The molecule has 0 heterocycles. The Kier molecular flexibility index (Phi) is 10.8. The van der Waals surface area contributed by atoms with Crippen molar-refractivity contribution in [2.45, 2.75) is 34.1 Å². The molecule has 0 saturated heterocycles. The van der Waals surface area contributed by atoms with E-state index in [2.05, 4.69) is 18.7 Å². The van der Waals surface area contributed by atoms with Crippen LogP contribution in [0.4, 0.5) is 5.69 Å². The van der Waals surface area contributed by atoms with Gasteiger partial charge in [-0.3, -0.25) is 9.59 Å². The Morgan fingerprint density at radius 2 is 1.63 bits per heavy atom. The number of anilines is 1. The fourth-order valence-corrected chi connectivity index (χ4v) is 3.33. The lowest BCUT2D eigenvalue weighted by molar-refractivity contribution is -0.121. The molecule has 6 nitrogen and oxygen atoms in total. The number of benzene rings is 2. The molecule has 2 rings (SSSR count). The van der Waals surface area contributed by atoms with E-state index in [4.69, 9.17) is 9.47 Å². The lowest BCUT2D eigenvalue weighted by Gasteiger charge is -2.22. The largest absolute Gasteiger partial charge is 0.504 e. The molecule has 6 heteroatoms. The van der Waals surface area contributed by atoms with Crippen molar-refractivity contribution in [3.05, 3.63) is 71.3 Å². The Morgan fingerprint density at radius 3 is 2.26 bits per heavy atom.